The van der Waals surface area contributed by atoms with E-state index in [1.807, 2.05) is 20.8 Å². The van der Waals surface area contributed by atoms with Crippen LogP contribution in [0.4, 0.5) is 0 Å². The zero-order valence-electron chi connectivity index (χ0n) is 6.18. The third kappa shape index (κ3) is 1.66. The van der Waals surface area contributed by atoms with Crippen LogP contribution in [0.15, 0.2) is 0 Å². The molecular weight excluding hydrogens is 116 g/mol. The number of ether oxygens (including phenoxy) is 1. The molecule has 1 aliphatic heterocycles. The summed E-state index contributed by atoms with van der Waals surface area (Å²) in [5, 5.41) is 11.2. The van der Waals surface area contributed by atoms with E-state index in [0.29, 0.717) is 6.61 Å². The first-order valence-electron chi connectivity index (χ1n) is 3.29. The van der Waals surface area contributed by atoms with E-state index in [2.05, 4.69) is 0 Å². The molecule has 9 heavy (non-hydrogen) atoms. The van der Waals surface area contributed by atoms with Gasteiger partial charge in [0.25, 0.3) is 0 Å². The van der Waals surface area contributed by atoms with E-state index >= 15 is 0 Å². The molecule has 0 bridgehead atoms. The van der Waals surface area contributed by atoms with Crippen LogP contribution in [-0.4, -0.2) is 18.8 Å². The summed E-state index contributed by atoms with van der Waals surface area (Å²) >= 11 is 0. The monoisotopic (exact) mass is 129 g/mol. The van der Waals surface area contributed by atoms with E-state index in [4.69, 9.17) is 4.74 Å². The van der Waals surface area contributed by atoms with E-state index in [0.717, 1.165) is 0 Å². The molecule has 2 atom stereocenters. The minimum atomic E-state index is -0.544. The largest absolute Gasteiger partial charge is 0.370 e. The Hall–Kier alpha value is -0.0800. The van der Waals surface area contributed by atoms with Gasteiger partial charge in [-0.15, -0.1) is 0 Å². The summed E-state index contributed by atoms with van der Waals surface area (Å²) in [6, 6.07) is 0. The standard InChI is InChI=1S/C7H13O2/c1-7(2,3)6(8)5-4-9-5/h5-6H,4H2,1-3H3/t5-,6?/m1/s1. The molecule has 0 spiro atoms. The highest BCUT2D eigenvalue weighted by Gasteiger charge is 2.40. The second-order valence-electron chi connectivity index (χ2n) is 3.66. The van der Waals surface area contributed by atoms with Crippen LogP contribution in [-0.2, 0) is 9.84 Å². The number of rotatable bonds is 1. The minimum Gasteiger partial charge on any atom is -0.370 e. The predicted molar refractivity (Wildman–Crippen MR) is 33.7 cm³/mol. The lowest BCUT2D eigenvalue weighted by Gasteiger charge is -2.21. The number of epoxide rings is 1. The fraction of sp³-hybridized carbons (Fsp3) is 1.00. The maximum atomic E-state index is 11.2. The summed E-state index contributed by atoms with van der Waals surface area (Å²) in [5.41, 5.74) is -0.138. The maximum Gasteiger partial charge on any atom is 0.126 e. The van der Waals surface area contributed by atoms with Crippen LogP contribution in [0.5, 0.6) is 0 Å². The van der Waals surface area contributed by atoms with Gasteiger partial charge in [-0.3, -0.25) is 0 Å². The lowest BCUT2D eigenvalue weighted by molar-refractivity contribution is -0.0190. The summed E-state index contributed by atoms with van der Waals surface area (Å²) < 4.78 is 4.88. The normalized spacial score (nSPS) is 30.0. The van der Waals surface area contributed by atoms with Crippen molar-refractivity contribution in [3.05, 3.63) is 0 Å². The van der Waals surface area contributed by atoms with Crippen molar-refractivity contribution in [2.24, 2.45) is 5.41 Å². The highest BCUT2D eigenvalue weighted by molar-refractivity contribution is 4.86. The van der Waals surface area contributed by atoms with Crippen LogP contribution in [0.2, 0.25) is 0 Å². The fourth-order valence-corrected chi connectivity index (χ4v) is 0.788. The van der Waals surface area contributed by atoms with Gasteiger partial charge in [-0.05, 0) is 5.41 Å². The molecule has 0 amide bonds. The Morgan fingerprint density at radius 3 is 2.11 bits per heavy atom. The molecule has 1 saturated heterocycles. The van der Waals surface area contributed by atoms with E-state index < -0.39 is 6.10 Å². The van der Waals surface area contributed by atoms with E-state index in [1.165, 1.54) is 0 Å². The van der Waals surface area contributed by atoms with Crippen molar-refractivity contribution in [1.82, 2.24) is 0 Å². The van der Waals surface area contributed by atoms with Crippen molar-refractivity contribution in [3.63, 3.8) is 0 Å². The van der Waals surface area contributed by atoms with Gasteiger partial charge in [-0.1, -0.05) is 20.8 Å². The molecule has 1 aliphatic rings. The van der Waals surface area contributed by atoms with Gasteiger partial charge < -0.3 is 4.74 Å². The van der Waals surface area contributed by atoms with E-state index in [1.54, 1.807) is 0 Å². The summed E-state index contributed by atoms with van der Waals surface area (Å²) in [4.78, 5) is 0. The second kappa shape index (κ2) is 1.96. The molecule has 0 aromatic rings. The quantitative estimate of drug-likeness (QED) is 0.490. The van der Waals surface area contributed by atoms with Crippen molar-refractivity contribution in [3.8, 4) is 0 Å². The highest BCUT2D eigenvalue weighted by Crippen LogP contribution is 2.29. The first-order chi connectivity index (χ1) is 4.02. The molecule has 0 aliphatic carbocycles. The summed E-state index contributed by atoms with van der Waals surface area (Å²) in [5.74, 6) is 0. The molecule has 1 unspecified atom stereocenters. The van der Waals surface area contributed by atoms with Crippen molar-refractivity contribution in [2.45, 2.75) is 33.0 Å². The Morgan fingerprint density at radius 2 is 2.00 bits per heavy atom. The van der Waals surface area contributed by atoms with Crippen molar-refractivity contribution in [2.75, 3.05) is 6.61 Å². The highest BCUT2D eigenvalue weighted by atomic mass is 16.6. The summed E-state index contributed by atoms with van der Waals surface area (Å²) in [6.07, 6.45) is -0.539. The van der Waals surface area contributed by atoms with E-state index in [9.17, 15) is 5.11 Å². The molecule has 53 valence electrons. The molecule has 1 heterocycles. The molecule has 1 radical (unpaired) electrons. The molecule has 2 nitrogen and oxygen atoms in total. The van der Waals surface area contributed by atoms with Crippen molar-refractivity contribution >= 4 is 0 Å². The Morgan fingerprint density at radius 1 is 1.56 bits per heavy atom. The van der Waals surface area contributed by atoms with Crippen molar-refractivity contribution < 1.29 is 9.84 Å². The summed E-state index contributed by atoms with van der Waals surface area (Å²) in [6.45, 7) is 6.52. The topological polar surface area (TPSA) is 32.4 Å². The van der Waals surface area contributed by atoms with Crippen LogP contribution >= 0.6 is 0 Å². The second-order valence-corrected chi connectivity index (χ2v) is 3.66. The molecule has 2 heteroatoms. The molecule has 1 fully saturated rings. The van der Waals surface area contributed by atoms with Gasteiger partial charge in [0.2, 0.25) is 0 Å². The molecule has 0 aromatic heterocycles. The molecule has 1 rings (SSSR count). The van der Waals surface area contributed by atoms with E-state index in [-0.39, 0.29) is 11.5 Å². The Labute approximate surface area is 55.8 Å². The van der Waals surface area contributed by atoms with Crippen LogP contribution < -0.4 is 0 Å². The number of hydrogen-bond acceptors (Lipinski definition) is 1. The van der Waals surface area contributed by atoms with Gasteiger partial charge in [-0.25, -0.2) is 5.11 Å². The van der Waals surface area contributed by atoms with Gasteiger partial charge in [0.05, 0.1) is 6.61 Å². The SMILES string of the molecule is CC(C)(C)C([O])[C@H]1CO1. The van der Waals surface area contributed by atoms with Gasteiger partial charge in [0, 0.05) is 0 Å². The van der Waals surface area contributed by atoms with Crippen LogP contribution in [0, 0.1) is 5.41 Å². The molecule has 0 N–H and O–H groups in total. The van der Waals surface area contributed by atoms with Crippen LogP contribution in [0.1, 0.15) is 20.8 Å². The van der Waals surface area contributed by atoms with Gasteiger partial charge in [-0.2, -0.15) is 0 Å². The predicted octanol–water partition coefficient (Wildman–Crippen LogP) is 1.23. The zero-order chi connectivity index (χ0) is 7.07. The maximum absolute atomic E-state index is 11.2. The summed E-state index contributed by atoms with van der Waals surface area (Å²) in [7, 11) is 0. The molecule has 0 aromatic carbocycles. The third-order valence-corrected chi connectivity index (χ3v) is 1.55. The number of hydrogen-bond donors (Lipinski definition) is 0. The average molecular weight is 129 g/mol. The molecule has 0 saturated carbocycles. The zero-order valence-corrected chi connectivity index (χ0v) is 6.18. The minimum absolute atomic E-state index is 0.00463. The Kier molecular flexibility index (Phi) is 1.53. The van der Waals surface area contributed by atoms with Crippen LogP contribution in [0.3, 0.4) is 0 Å². The first-order valence-corrected chi connectivity index (χ1v) is 3.29. The first kappa shape index (κ1) is 7.03. The smallest absolute Gasteiger partial charge is 0.126 e. The fourth-order valence-electron chi connectivity index (χ4n) is 0.788. The van der Waals surface area contributed by atoms with Crippen LogP contribution in [0.25, 0.3) is 0 Å². The van der Waals surface area contributed by atoms with Gasteiger partial charge in [0.15, 0.2) is 0 Å². The molecular formula is C7H13O2. The Bertz CT molecular complexity index is 100.0. The Balaban J connectivity index is 2.40. The lowest BCUT2D eigenvalue weighted by Crippen LogP contribution is -2.29. The van der Waals surface area contributed by atoms with Gasteiger partial charge >= 0.3 is 0 Å². The lowest BCUT2D eigenvalue weighted by atomic mass is 9.87. The van der Waals surface area contributed by atoms with Crippen molar-refractivity contribution in [1.29, 1.82) is 0 Å². The van der Waals surface area contributed by atoms with Gasteiger partial charge in [0.1, 0.15) is 12.2 Å². The third-order valence-electron chi connectivity index (χ3n) is 1.55. The average Bonchev–Trinajstić information content (AvgIpc) is 2.40.